The van der Waals surface area contributed by atoms with Crippen LogP contribution in [0.4, 0.5) is 4.79 Å². The van der Waals surface area contributed by atoms with Crippen LogP contribution in [0.2, 0.25) is 0 Å². The number of carbonyl (C=O) groups excluding carboxylic acids is 2. The quantitative estimate of drug-likeness (QED) is 0.796. The van der Waals surface area contributed by atoms with Gasteiger partial charge >= 0.3 is 12.1 Å². The zero-order valence-corrected chi connectivity index (χ0v) is 10.4. The molecule has 1 aromatic rings. The molecular formula is C13H16N2O4. The van der Waals surface area contributed by atoms with Gasteiger partial charge in [0, 0.05) is 6.54 Å². The Kier molecular flexibility index (Phi) is 4.74. The van der Waals surface area contributed by atoms with Gasteiger partial charge in [0.05, 0.1) is 5.92 Å². The molecule has 1 aliphatic rings. The number of carbonyl (C=O) groups is 2. The summed E-state index contributed by atoms with van der Waals surface area (Å²) in [6, 6.07) is 9.25. The summed E-state index contributed by atoms with van der Waals surface area (Å²) in [5.74, 6) is -0.643. The molecule has 1 atom stereocenters. The molecule has 0 bridgehead atoms. The number of hydrogen-bond donors (Lipinski definition) is 2. The fourth-order valence-corrected chi connectivity index (χ4v) is 1.78. The van der Waals surface area contributed by atoms with Crippen LogP contribution in [0.3, 0.4) is 0 Å². The molecule has 2 N–H and O–H groups in total. The molecular weight excluding hydrogens is 248 g/mol. The third-order valence-electron chi connectivity index (χ3n) is 2.84. The van der Waals surface area contributed by atoms with E-state index in [9.17, 15) is 9.59 Å². The molecule has 102 valence electrons. The Morgan fingerprint density at radius 2 is 2.11 bits per heavy atom. The Balaban J connectivity index is 1.65. The molecule has 1 aliphatic heterocycles. The van der Waals surface area contributed by atoms with Gasteiger partial charge in [-0.3, -0.25) is 0 Å². The van der Waals surface area contributed by atoms with Crippen LogP contribution in [0.5, 0.6) is 0 Å². The minimum atomic E-state index is -0.775. The lowest BCUT2D eigenvalue weighted by atomic mass is 10.1. The number of amides is 1. The van der Waals surface area contributed by atoms with Crippen molar-refractivity contribution >= 4 is 12.1 Å². The van der Waals surface area contributed by atoms with E-state index < -0.39 is 12.1 Å². The summed E-state index contributed by atoms with van der Waals surface area (Å²) in [7, 11) is 0. The molecule has 1 fully saturated rings. The third-order valence-corrected chi connectivity index (χ3v) is 2.84. The maximum Gasteiger partial charge on any atom is 0.441 e. The third kappa shape index (κ3) is 4.26. The minimum Gasteiger partial charge on any atom is -0.443 e. The Labute approximate surface area is 111 Å². The highest BCUT2D eigenvalue weighted by atomic mass is 16.7. The number of hydroxylamine groups is 1. The molecule has 0 spiro atoms. The molecule has 6 heteroatoms. The summed E-state index contributed by atoms with van der Waals surface area (Å²) in [6.07, 6.45) is -0.0531. The second-order valence-corrected chi connectivity index (χ2v) is 4.27. The predicted octanol–water partition coefficient (Wildman–Crippen LogP) is 0.980. The molecule has 1 amide bonds. The molecule has 0 unspecified atom stereocenters. The van der Waals surface area contributed by atoms with Crippen molar-refractivity contribution in [3.05, 3.63) is 35.9 Å². The van der Waals surface area contributed by atoms with E-state index in [0.29, 0.717) is 6.54 Å². The van der Waals surface area contributed by atoms with Gasteiger partial charge in [0.25, 0.3) is 0 Å². The highest BCUT2D eigenvalue weighted by Crippen LogP contribution is 2.08. The first-order valence-corrected chi connectivity index (χ1v) is 6.14. The van der Waals surface area contributed by atoms with E-state index in [4.69, 9.17) is 4.74 Å². The van der Waals surface area contributed by atoms with Gasteiger partial charge in [-0.05, 0) is 18.5 Å². The molecule has 19 heavy (non-hydrogen) atoms. The molecule has 0 saturated carbocycles. The van der Waals surface area contributed by atoms with Gasteiger partial charge in [0.2, 0.25) is 0 Å². The van der Waals surface area contributed by atoms with Gasteiger partial charge in [-0.1, -0.05) is 30.3 Å². The summed E-state index contributed by atoms with van der Waals surface area (Å²) in [6.45, 7) is 1.51. The van der Waals surface area contributed by atoms with Crippen molar-refractivity contribution in [3.63, 3.8) is 0 Å². The van der Waals surface area contributed by atoms with Crippen LogP contribution in [0.15, 0.2) is 30.3 Å². The lowest BCUT2D eigenvalue weighted by Crippen LogP contribution is -2.31. The molecule has 2 rings (SSSR count). The lowest BCUT2D eigenvalue weighted by Gasteiger charge is -2.09. The Bertz CT molecular complexity index is 430. The highest BCUT2D eigenvalue weighted by molar-refractivity contribution is 5.75. The fourth-order valence-electron chi connectivity index (χ4n) is 1.78. The largest absolute Gasteiger partial charge is 0.443 e. The molecule has 1 heterocycles. The predicted molar refractivity (Wildman–Crippen MR) is 66.8 cm³/mol. The molecule has 1 aromatic carbocycles. The van der Waals surface area contributed by atoms with Gasteiger partial charge in [-0.2, -0.15) is 0 Å². The van der Waals surface area contributed by atoms with Crippen molar-refractivity contribution in [2.75, 3.05) is 13.1 Å². The monoisotopic (exact) mass is 264 g/mol. The molecule has 0 radical (unpaired) electrons. The van der Waals surface area contributed by atoms with Crippen molar-refractivity contribution in [3.8, 4) is 0 Å². The van der Waals surface area contributed by atoms with Crippen molar-refractivity contribution in [1.82, 2.24) is 10.8 Å². The van der Waals surface area contributed by atoms with E-state index >= 15 is 0 Å². The van der Waals surface area contributed by atoms with Gasteiger partial charge in [0.1, 0.15) is 6.61 Å². The zero-order valence-electron chi connectivity index (χ0n) is 10.4. The molecule has 0 aromatic heterocycles. The smallest absolute Gasteiger partial charge is 0.441 e. The summed E-state index contributed by atoms with van der Waals surface area (Å²) in [5, 5.41) is 3.04. The first-order valence-electron chi connectivity index (χ1n) is 6.14. The summed E-state index contributed by atoms with van der Waals surface area (Å²) in [4.78, 5) is 27.5. The van der Waals surface area contributed by atoms with Crippen LogP contribution in [0, 0.1) is 5.92 Å². The Morgan fingerprint density at radius 3 is 2.79 bits per heavy atom. The van der Waals surface area contributed by atoms with E-state index in [1.807, 2.05) is 35.8 Å². The lowest BCUT2D eigenvalue weighted by molar-refractivity contribution is -0.154. The van der Waals surface area contributed by atoms with Gasteiger partial charge in [-0.25, -0.2) is 9.59 Å². The highest BCUT2D eigenvalue weighted by Gasteiger charge is 2.24. The van der Waals surface area contributed by atoms with Gasteiger partial charge < -0.3 is 14.9 Å². The molecule has 6 nitrogen and oxygen atoms in total. The number of ether oxygens (including phenoxy) is 1. The van der Waals surface area contributed by atoms with Crippen molar-refractivity contribution in [2.24, 2.45) is 5.92 Å². The van der Waals surface area contributed by atoms with Crippen LogP contribution < -0.4 is 10.8 Å². The summed E-state index contributed by atoms with van der Waals surface area (Å²) in [5.41, 5.74) is 2.86. The normalized spacial score (nSPS) is 17.8. The van der Waals surface area contributed by atoms with Gasteiger partial charge in [0.15, 0.2) is 0 Å². The first-order chi connectivity index (χ1) is 9.25. The summed E-state index contributed by atoms with van der Waals surface area (Å²) >= 11 is 0. The minimum absolute atomic E-state index is 0.134. The maximum atomic E-state index is 11.5. The van der Waals surface area contributed by atoms with Crippen molar-refractivity contribution < 1.29 is 19.2 Å². The van der Waals surface area contributed by atoms with Crippen LogP contribution in [0.1, 0.15) is 12.0 Å². The SMILES string of the molecule is O=C(NOC(=O)[C@H]1CCNC1)OCc1ccccc1. The van der Waals surface area contributed by atoms with Gasteiger partial charge in [-0.15, -0.1) is 5.48 Å². The van der Waals surface area contributed by atoms with E-state index in [1.165, 1.54) is 0 Å². The second-order valence-electron chi connectivity index (χ2n) is 4.27. The van der Waals surface area contributed by atoms with E-state index in [1.54, 1.807) is 0 Å². The van der Waals surface area contributed by atoms with Crippen molar-refractivity contribution in [2.45, 2.75) is 13.0 Å². The van der Waals surface area contributed by atoms with Crippen molar-refractivity contribution in [1.29, 1.82) is 0 Å². The fraction of sp³-hybridized carbons (Fsp3) is 0.385. The van der Waals surface area contributed by atoms with Crippen LogP contribution >= 0.6 is 0 Å². The average Bonchev–Trinajstić information content (AvgIpc) is 2.98. The standard InChI is InChI=1S/C13H16N2O4/c16-12(11-6-7-14-8-11)19-15-13(17)18-9-10-4-2-1-3-5-10/h1-5,11,14H,6-9H2,(H,15,17)/t11-/m0/s1. The Hall–Kier alpha value is -2.08. The number of rotatable bonds is 3. The second kappa shape index (κ2) is 6.75. The van der Waals surface area contributed by atoms with E-state index in [2.05, 4.69) is 10.2 Å². The summed E-state index contributed by atoms with van der Waals surface area (Å²) < 4.78 is 4.90. The van der Waals surface area contributed by atoms with E-state index in [0.717, 1.165) is 18.5 Å². The van der Waals surface area contributed by atoms with Crippen LogP contribution in [0.25, 0.3) is 0 Å². The maximum absolute atomic E-state index is 11.5. The number of hydrogen-bond acceptors (Lipinski definition) is 5. The molecule has 0 aliphatic carbocycles. The Morgan fingerprint density at radius 1 is 1.32 bits per heavy atom. The molecule has 1 saturated heterocycles. The van der Waals surface area contributed by atoms with Crippen LogP contribution in [-0.2, 0) is 21.0 Å². The zero-order chi connectivity index (χ0) is 13.5. The first kappa shape index (κ1) is 13.4. The van der Waals surface area contributed by atoms with E-state index in [-0.39, 0.29) is 12.5 Å². The van der Waals surface area contributed by atoms with Crippen LogP contribution in [-0.4, -0.2) is 25.2 Å². The average molecular weight is 264 g/mol. The number of benzene rings is 1. The number of nitrogens with one attached hydrogen (secondary N) is 2. The topological polar surface area (TPSA) is 76.7 Å².